The molecule has 0 aliphatic carbocycles. The predicted molar refractivity (Wildman–Crippen MR) is 155 cm³/mol. The minimum atomic E-state index is -0.487. The van der Waals surface area contributed by atoms with Gasteiger partial charge in [0.25, 0.3) is 0 Å². The summed E-state index contributed by atoms with van der Waals surface area (Å²) in [5, 5.41) is 0.812. The van der Waals surface area contributed by atoms with E-state index in [1.165, 1.54) is 12.1 Å². The van der Waals surface area contributed by atoms with Crippen molar-refractivity contribution in [2.45, 2.75) is 38.5 Å². The molecule has 41 heavy (non-hydrogen) atoms. The van der Waals surface area contributed by atoms with Crippen LogP contribution in [0.3, 0.4) is 0 Å². The number of hydrogen-bond acceptors (Lipinski definition) is 9. The van der Waals surface area contributed by atoms with Crippen molar-refractivity contribution in [2.24, 2.45) is 0 Å². The van der Waals surface area contributed by atoms with E-state index in [1.54, 1.807) is 18.5 Å². The molecule has 0 unspecified atom stereocenters. The zero-order valence-electron chi connectivity index (χ0n) is 23.6. The lowest BCUT2D eigenvalue weighted by Crippen LogP contribution is -2.49. The SMILES string of the molecule is CC(C)N1CCN(c2ccc(-c3oc4ncnc(N5CCC6(CC5)OCCO6)c4c3-c3ccc(F)cc3)cn2)CC1. The normalized spacial score (nSPS) is 19.6. The third-order valence-corrected chi connectivity index (χ3v) is 8.62. The molecule has 0 N–H and O–H groups in total. The van der Waals surface area contributed by atoms with Crippen molar-refractivity contribution in [3.63, 3.8) is 0 Å². The van der Waals surface area contributed by atoms with Crippen LogP contribution in [0.4, 0.5) is 16.0 Å². The molecule has 3 aliphatic rings. The van der Waals surface area contributed by atoms with Gasteiger partial charge in [0.05, 0.1) is 18.6 Å². The summed E-state index contributed by atoms with van der Waals surface area (Å²) in [6, 6.07) is 11.2. The second-order valence-electron chi connectivity index (χ2n) is 11.3. The quantitative estimate of drug-likeness (QED) is 0.338. The highest BCUT2D eigenvalue weighted by Gasteiger charge is 2.40. The average molecular weight is 559 g/mol. The molecule has 1 spiro atoms. The summed E-state index contributed by atoms with van der Waals surface area (Å²) in [6.45, 7) is 11.2. The van der Waals surface area contributed by atoms with Gasteiger partial charge in [-0.05, 0) is 43.7 Å². The summed E-state index contributed by atoms with van der Waals surface area (Å²) in [7, 11) is 0. The number of rotatable bonds is 5. The molecule has 0 bridgehead atoms. The molecular formula is C31H35FN6O3. The first kappa shape index (κ1) is 26.3. The summed E-state index contributed by atoms with van der Waals surface area (Å²) < 4.78 is 32.3. The average Bonchev–Trinajstić information content (AvgIpc) is 3.63. The minimum absolute atomic E-state index is 0.291. The van der Waals surface area contributed by atoms with Crippen LogP contribution in [0.2, 0.25) is 0 Å². The second-order valence-corrected chi connectivity index (χ2v) is 11.3. The van der Waals surface area contributed by atoms with Crippen LogP contribution in [-0.2, 0) is 9.47 Å². The Balaban J connectivity index is 1.25. The number of fused-ring (bicyclic) bond motifs is 1. The van der Waals surface area contributed by atoms with Crippen LogP contribution in [-0.4, -0.2) is 84.2 Å². The van der Waals surface area contributed by atoms with Gasteiger partial charge in [-0.15, -0.1) is 0 Å². The number of anilines is 2. The molecule has 4 aromatic rings. The molecular weight excluding hydrogens is 523 g/mol. The Kier molecular flexibility index (Phi) is 6.84. The molecule has 214 valence electrons. The zero-order valence-corrected chi connectivity index (χ0v) is 23.6. The van der Waals surface area contributed by atoms with E-state index >= 15 is 0 Å². The highest BCUT2D eigenvalue weighted by Crippen LogP contribution is 2.44. The minimum Gasteiger partial charge on any atom is -0.437 e. The van der Waals surface area contributed by atoms with Crippen LogP contribution >= 0.6 is 0 Å². The fourth-order valence-corrected chi connectivity index (χ4v) is 6.27. The van der Waals surface area contributed by atoms with E-state index < -0.39 is 5.79 Å². The maximum atomic E-state index is 14.0. The van der Waals surface area contributed by atoms with Crippen LogP contribution in [0.15, 0.2) is 53.3 Å². The van der Waals surface area contributed by atoms with Crippen LogP contribution in [0.25, 0.3) is 33.6 Å². The first-order valence-corrected chi connectivity index (χ1v) is 14.5. The number of pyridine rings is 1. The number of piperazine rings is 1. The molecule has 3 fully saturated rings. The first-order valence-electron chi connectivity index (χ1n) is 14.5. The Bertz CT molecular complexity index is 1500. The number of ether oxygens (including phenoxy) is 2. The fraction of sp³-hybridized carbons (Fsp3) is 0.452. The molecule has 7 rings (SSSR count). The van der Waals surface area contributed by atoms with Crippen molar-refractivity contribution in [2.75, 3.05) is 62.3 Å². The largest absolute Gasteiger partial charge is 0.437 e. The Morgan fingerprint density at radius 1 is 0.805 bits per heavy atom. The van der Waals surface area contributed by atoms with Gasteiger partial charge in [-0.3, -0.25) is 4.90 Å². The smallest absolute Gasteiger partial charge is 0.232 e. The van der Waals surface area contributed by atoms with E-state index in [-0.39, 0.29) is 5.82 Å². The van der Waals surface area contributed by atoms with Gasteiger partial charge < -0.3 is 23.7 Å². The highest BCUT2D eigenvalue weighted by atomic mass is 19.1. The Hall–Kier alpha value is -3.60. The number of furan rings is 1. The maximum Gasteiger partial charge on any atom is 0.232 e. The fourth-order valence-electron chi connectivity index (χ4n) is 6.27. The van der Waals surface area contributed by atoms with Gasteiger partial charge in [-0.25, -0.2) is 19.3 Å². The molecule has 9 nitrogen and oxygen atoms in total. The molecule has 10 heteroatoms. The van der Waals surface area contributed by atoms with Gasteiger partial charge in [-0.1, -0.05) is 12.1 Å². The first-order chi connectivity index (χ1) is 20.0. The van der Waals surface area contributed by atoms with E-state index in [4.69, 9.17) is 23.9 Å². The van der Waals surface area contributed by atoms with Crippen LogP contribution in [0.1, 0.15) is 26.7 Å². The van der Waals surface area contributed by atoms with Crippen LogP contribution in [0.5, 0.6) is 0 Å². The Labute approximate surface area is 238 Å². The highest BCUT2D eigenvalue weighted by molar-refractivity contribution is 6.06. The Morgan fingerprint density at radius 3 is 2.17 bits per heavy atom. The standard InChI is InChI=1S/C31H35FN6O3/c1-21(2)36-13-15-37(16-14-36)25-8-5-23(19-33-25)28-26(22-3-6-24(32)7-4-22)27-29(34-20-35-30(27)41-28)38-11-9-31(10-12-38)39-17-18-40-31/h3-8,19-21H,9-18H2,1-2H3. The van der Waals surface area contributed by atoms with Gasteiger partial charge in [0, 0.05) is 75.5 Å². The summed E-state index contributed by atoms with van der Waals surface area (Å²) >= 11 is 0. The van der Waals surface area contributed by atoms with Crippen LogP contribution < -0.4 is 9.80 Å². The molecule has 0 radical (unpaired) electrons. The molecule has 3 aromatic heterocycles. The third kappa shape index (κ3) is 4.94. The molecule has 3 aliphatic heterocycles. The third-order valence-electron chi connectivity index (χ3n) is 8.62. The predicted octanol–water partition coefficient (Wildman–Crippen LogP) is 4.96. The maximum absolute atomic E-state index is 14.0. The number of piperidine rings is 1. The Morgan fingerprint density at radius 2 is 1.51 bits per heavy atom. The number of hydrogen-bond donors (Lipinski definition) is 0. The molecule has 0 amide bonds. The molecule has 1 aromatic carbocycles. The summed E-state index contributed by atoms with van der Waals surface area (Å²) in [5.74, 6) is 1.62. The van der Waals surface area contributed by atoms with Crippen molar-refractivity contribution in [3.8, 4) is 22.5 Å². The van der Waals surface area contributed by atoms with E-state index in [0.717, 1.165) is 85.8 Å². The van der Waals surface area contributed by atoms with E-state index in [9.17, 15) is 4.39 Å². The second kappa shape index (κ2) is 10.7. The summed E-state index contributed by atoms with van der Waals surface area (Å²) in [6.07, 6.45) is 4.92. The van der Waals surface area contributed by atoms with Crippen molar-refractivity contribution in [1.82, 2.24) is 19.9 Å². The monoisotopic (exact) mass is 558 g/mol. The van der Waals surface area contributed by atoms with Gasteiger partial charge in [-0.2, -0.15) is 0 Å². The lowest BCUT2D eigenvalue weighted by molar-refractivity contribution is -0.169. The van der Waals surface area contributed by atoms with Crippen molar-refractivity contribution in [1.29, 1.82) is 0 Å². The van der Waals surface area contributed by atoms with E-state index in [2.05, 4.69) is 45.7 Å². The van der Waals surface area contributed by atoms with Gasteiger partial charge in [0.1, 0.15) is 29.5 Å². The molecule has 3 saturated heterocycles. The van der Waals surface area contributed by atoms with Crippen molar-refractivity contribution >= 4 is 22.7 Å². The summed E-state index contributed by atoms with van der Waals surface area (Å²) in [4.78, 5) is 21.1. The molecule has 6 heterocycles. The van der Waals surface area contributed by atoms with E-state index in [0.29, 0.717) is 30.7 Å². The number of nitrogens with zero attached hydrogens (tertiary/aromatic N) is 6. The lowest BCUT2D eigenvalue weighted by atomic mass is 9.98. The van der Waals surface area contributed by atoms with E-state index in [1.807, 2.05) is 6.20 Å². The zero-order chi connectivity index (χ0) is 28.0. The topological polar surface area (TPSA) is 80.0 Å². The van der Waals surface area contributed by atoms with Crippen molar-refractivity contribution < 1.29 is 18.3 Å². The van der Waals surface area contributed by atoms with Crippen LogP contribution in [0, 0.1) is 5.82 Å². The number of aromatic nitrogens is 3. The van der Waals surface area contributed by atoms with Crippen molar-refractivity contribution in [3.05, 3.63) is 54.7 Å². The molecule has 0 saturated carbocycles. The number of benzene rings is 1. The van der Waals surface area contributed by atoms with Gasteiger partial charge >= 0.3 is 0 Å². The number of halogens is 1. The lowest BCUT2D eigenvalue weighted by Gasteiger charge is -2.38. The summed E-state index contributed by atoms with van der Waals surface area (Å²) in [5.41, 5.74) is 3.00. The van der Waals surface area contributed by atoms with Gasteiger partial charge in [0.2, 0.25) is 5.71 Å². The van der Waals surface area contributed by atoms with Gasteiger partial charge in [0.15, 0.2) is 5.79 Å². The molecule has 0 atom stereocenters.